The number of carbonyl (C=O) groups is 1. The molecule has 21 heavy (non-hydrogen) atoms. The Bertz CT molecular complexity index is 527. The van der Waals surface area contributed by atoms with Crippen molar-refractivity contribution in [2.75, 3.05) is 5.32 Å². The van der Waals surface area contributed by atoms with Crippen molar-refractivity contribution in [2.45, 2.75) is 44.9 Å². The maximum absolute atomic E-state index is 13.2. The number of thiocarbonyl (C=S) groups is 1. The fourth-order valence-electron chi connectivity index (χ4n) is 2.85. The van der Waals surface area contributed by atoms with Gasteiger partial charge in [-0.3, -0.25) is 4.79 Å². The number of rotatable bonds is 5. The lowest BCUT2D eigenvalue weighted by molar-refractivity contribution is -0.116. The molecule has 0 heterocycles. The van der Waals surface area contributed by atoms with Gasteiger partial charge in [-0.25, -0.2) is 4.39 Å². The van der Waals surface area contributed by atoms with Crippen molar-refractivity contribution in [3.8, 4) is 0 Å². The number of halogens is 1. The summed E-state index contributed by atoms with van der Waals surface area (Å²) >= 11 is 4.89. The zero-order chi connectivity index (χ0) is 15.2. The SMILES string of the molecule is NC(=S)c1cc(F)ccc1NC(=O)CCC1CCCCC1. The molecule has 0 bridgehead atoms. The van der Waals surface area contributed by atoms with E-state index < -0.39 is 5.82 Å². The molecule has 3 nitrogen and oxygen atoms in total. The molecule has 1 aromatic rings. The van der Waals surface area contributed by atoms with Gasteiger partial charge >= 0.3 is 0 Å². The quantitative estimate of drug-likeness (QED) is 0.814. The molecule has 3 N–H and O–H groups in total. The van der Waals surface area contributed by atoms with Gasteiger partial charge < -0.3 is 11.1 Å². The second kappa shape index (κ2) is 7.50. The molecule has 1 aromatic carbocycles. The highest BCUT2D eigenvalue weighted by Gasteiger charge is 2.16. The summed E-state index contributed by atoms with van der Waals surface area (Å²) in [5, 5.41) is 2.79. The zero-order valence-corrected chi connectivity index (χ0v) is 12.8. The maximum atomic E-state index is 13.2. The van der Waals surface area contributed by atoms with Crippen LogP contribution < -0.4 is 11.1 Å². The van der Waals surface area contributed by atoms with Crippen molar-refractivity contribution in [3.05, 3.63) is 29.6 Å². The smallest absolute Gasteiger partial charge is 0.224 e. The van der Waals surface area contributed by atoms with Crippen LogP contribution in [-0.2, 0) is 4.79 Å². The van der Waals surface area contributed by atoms with Gasteiger partial charge in [0.15, 0.2) is 0 Å². The first kappa shape index (κ1) is 15.9. The third-order valence-electron chi connectivity index (χ3n) is 4.03. The predicted octanol–water partition coefficient (Wildman–Crippen LogP) is 3.76. The second-order valence-corrected chi connectivity index (χ2v) is 6.08. The van der Waals surface area contributed by atoms with Crippen LogP contribution in [0.25, 0.3) is 0 Å². The Morgan fingerprint density at radius 1 is 1.33 bits per heavy atom. The van der Waals surface area contributed by atoms with E-state index in [4.69, 9.17) is 18.0 Å². The number of hydrogen-bond donors (Lipinski definition) is 2. The van der Waals surface area contributed by atoms with Crippen molar-refractivity contribution >= 4 is 28.8 Å². The third-order valence-corrected chi connectivity index (χ3v) is 4.25. The van der Waals surface area contributed by atoms with E-state index in [0.29, 0.717) is 23.6 Å². The molecule has 1 fully saturated rings. The van der Waals surface area contributed by atoms with E-state index in [-0.39, 0.29) is 10.9 Å². The molecule has 0 atom stereocenters. The van der Waals surface area contributed by atoms with Crippen LogP contribution in [0.5, 0.6) is 0 Å². The molecule has 5 heteroatoms. The highest BCUT2D eigenvalue weighted by molar-refractivity contribution is 7.80. The van der Waals surface area contributed by atoms with Crippen LogP contribution in [0.15, 0.2) is 18.2 Å². The molecule has 114 valence electrons. The number of carbonyl (C=O) groups excluding carboxylic acids is 1. The fraction of sp³-hybridized carbons (Fsp3) is 0.500. The van der Waals surface area contributed by atoms with E-state index in [9.17, 15) is 9.18 Å². The van der Waals surface area contributed by atoms with E-state index in [1.165, 1.54) is 50.3 Å². The van der Waals surface area contributed by atoms with Crippen LogP contribution in [0.3, 0.4) is 0 Å². The molecular weight excluding hydrogens is 287 g/mol. The maximum Gasteiger partial charge on any atom is 0.224 e. The summed E-state index contributed by atoms with van der Waals surface area (Å²) in [7, 11) is 0. The Hall–Kier alpha value is -1.49. The number of hydrogen-bond acceptors (Lipinski definition) is 2. The number of anilines is 1. The van der Waals surface area contributed by atoms with Gasteiger partial charge in [0.25, 0.3) is 0 Å². The van der Waals surface area contributed by atoms with Gasteiger partial charge in [-0.05, 0) is 30.5 Å². The number of nitrogens with one attached hydrogen (secondary N) is 1. The second-order valence-electron chi connectivity index (χ2n) is 5.65. The van der Waals surface area contributed by atoms with Crippen LogP contribution >= 0.6 is 12.2 Å². The lowest BCUT2D eigenvalue weighted by Gasteiger charge is -2.21. The average Bonchev–Trinajstić information content (AvgIpc) is 2.48. The molecule has 0 saturated heterocycles. The Labute approximate surface area is 130 Å². The molecule has 0 aromatic heterocycles. The third kappa shape index (κ3) is 4.77. The van der Waals surface area contributed by atoms with Crippen LogP contribution in [0.2, 0.25) is 0 Å². The Morgan fingerprint density at radius 3 is 2.71 bits per heavy atom. The summed E-state index contributed by atoms with van der Waals surface area (Å²) in [6.45, 7) is 0. The summed E-state index contributed by atoms with van der Waals surface area (Å²) in [4.78, 5) is 12.1. The van der Waals surface area contributed by atoms with Gasteiger partial charge in [0.05, 0.1) is 5.69 Å². The summed E-state index contributed by atoms with van der Waals surface area (Å²) in [5.74, 6) is 0.176. The molecule has 1 aliphatic rings. The molecule has 2 rings (SSSR count). The molecule has 0 unspecified atom stereocenters. The Balaban J connectivity index is 1.91. The van der Waals surface area contributed by atoms with E-state index >= 15 is 0 Å². The summed E-state index contributed by atoms with van der Waals surface area (Å²) in [6.07, 6.45) is 7.71. The zero-order valence-electron chi connectivity index (χ0n) is 12.0. The van der Waals surface area contributed by atoms with Gasteiger partial charge in [-0.15, -0.1) is 0 Å². The van der Waals surface area contributed by atoms with E-state index in [1.54, 1.807) is 0 Å². The standard InChI is InChI=1S/C16H21FN2OS/c17-12-7-8-14(13(10-12)16(18)21)19-15(20)9-6-11-4-2-1-3-5-11/h7-8,10-11H,1-6,9H2,(H2,18,21)(H,19,20). The van der Waals surface area contributed by atoms with Crippen molar-refractivity contribution in [2.24, 2.45) is 11.7 Å². The van der Waals surface area contributed by atoms with Crippen molar-refractivity contribution in [3.63, 3.8) is 0 Å². The largest absolute Gasteiger partial charge is 0.389 e. The Kier molecular flexibility index (Phi) is 5.67. The average molecular weight is 308 g/mol. The minimum atomic E-state index is -0.419. The van der Waals surface area contributed by atoms with Crippen molar-refractivity contribution < 1.29 is 9.18 Å². The highest BCUT2D eigenvalue weighted by Crippen LogP contribution is 2.27. The molecule has 1 aliphatic carbocycles. The minimum absolute atomic E-state index is 0.0651. The number of amides is 1. The first-order valence-corrected chi connectivity index (χ1v) is 7.86. The van der Waals surface area contributed by atoms with Gasteiger partial charge in [0.1, 0.15) is 10.8 Å². The van der Waals surface area contributed by atoms with Gasteiger partial charge in [-0.1, -0.05) is 44.3 Å². The molecule has 1 saturated carbocycles. The molecule has 0 spiro atoms. The van der Waals surface area contributed by atoms with E-state index in [2.05, 4.69) is 5.32 Å². The Morgan fingerprint density at radius 2 is 2.05 bits per heavy atom. The van der Waals surface area contributed by atoms with Crippen molar-refractivity contribution in [1.29, 1.82) is 0 Å². The molecule has 0 radical (unpaired) electrons. The number of nitrogens with two attached hydrogens (primary N) is 1. The summed E-state index contributed by atoms with van der Waals surface area (Å²) in [5.41, 5.74) is 6.42. The van der Waals surface area contributed by atoms with Gasteiger partial charge in [0.2, 0.25) is 5.91 Å². The number of benzene rings is 1. The van der Waals surface area contributed by atoms with E-state index in [1.807, 2.05) is 0 Å². The lowest BCUT2D eigenvalue weighted by Crippen LogP contribution is -2.18. The lowest BCUT2D eigenvalue weighted by atomic mass is 9.86. The van der Waals surface area contributed by atoms with Crippen LogP contribution in [0.4, 0.5) is 10.1 Å². The van der Waals surface area contributed by atoms with Crippen molar-refractivity contribution in [1.82, 2.24) is 0 Å². The first-order valence-electron chi connectivity index (χ1n) is 7.45. The fourth-order valence-corrected chi connectivity index (χ4v) is 3.02. The van der Waals surface area contributed by atoms with Crippen LogP contribution in [0, 0.1) is 11.7 Å². The minimum Gasteiger partial charge on any atom is -0.389 e. The normalized spacial score (nSPS) is 15.7. The van der Waals surface area contributed by atoms with Gasteiger partial charge in [-0.2, -0.15) is 0 Å². The summed E-state index contributed by atoms with van der Waals surface area (Å²) < 4.78 is 13.2. The van der Waals surface area contributed by atoms with Crippen LogP contribution in [-0.4, -0.2) is 10.9 Å². The van der Waals surface area contributed by atoms with E-state index in [0.717, 1.165) is 6.42 Å². The first-order chi connectivity index (χ1) is 10.1. The summed E-state index contributed by atoms with van der Waals surface area (Å²) in [6, 6.07) is 4.04. The molecule has 1 amide bonds. The monoisotopic (exact) mass is 308 g/mol. The molecular formula is C16H21FN2OS. The highest BCUT2D eigenvalue weighted by atomic mass is 32.1. The predicted molar refractivity (Wildman–Crippen MR) is 86.7 cm³/mol. The van der Waals surface area contributed by atoms with Gasteiger partial charge in [0, 0.05) is 12.0 Å². The van der Waals surface area contributed by atoms with Crippen LogP contribution in [0.1, 0.15) is 50.5 Å². The molecule has 0 aliphatic heterocycles. The topological polar surface area (TPSA) is 55.1 Å².